The zero-order valence-electron chi connectivity index (χ0n) is 9.85. The average molecular weight is 229 g/mol. The van der Waals surface area contributed by atoms with E-state index in [4.69, 9.17) is 4.74 Å². The van der Waals surface area contributed by atoms with E-state index in [1.165, 1.54) is 6.42 Å². The number of anilines is 1. The van der Waals surface area contributed by atoms with Gasteiger partial charge in [0, 0.05) is 11.3 Å². The molecule has 0 radical (unpaired) electrons. The molecular weight excluding hydrogens is 214 g/mol. The number of nitrogens with zero attached hydrogens (tertiary/aromatic N) is 1. The average Bonchev–Trinajstić information content (AvgIpc) is 2.39. The lowest BCUT2D eigenvalue weighted by atomic mass is 9.84. The Morgan fingerprint density at radius 3 is 2.76 bits per heavy atom. The van der Waals surface area contributed by atoms with Crippen molar-refractivity contribution in [1.29, 1.82) is 0 Å². The maximum absolute atomic E-state index is 12.0. The van der Waals surface area contributed by atoms with Crippen LogP contribution in [0.15, 0.2) is 35.9 Å². The first-order valence-electron chi connectivity index (χ1n) is 5.99. The van der Waals surface area contributed by atoms with E-state index in [0.29, 0.717) is 6.04 Å². The number of amides is 1. The van der Waals surface area contributed by atoms with Crippen molar-refractivity contribution in [3.05, 3.63) is 35.9 Å². The van der Waals surface area contributed by atoms with E-state index in [1.54, 1.807) is 7.11 Å². The van der Waals surface area contributed by atoms with Crippen molar-refractivity contribution < 1.29 is 9.53 Å². The van der Waals surface area contributed by atoms with E-state index >= 15 is 0 Å². The molecule has 17 heavy (non-hydrogen) atoms. The van der Waals surface area contributed by atoms with Gasteiger partial charge in [-0.3, -0.25) is 4.79 Å². The highest BCUT2D eigenvalue weighted by atomic mass is 16.5. The number of hydrogen-bond donors (Lipinski definition) is 0. The van der Waals surface area contributed by atoms with Gasteiger partial charge in [0.25, 0.3) is 5.91 Å². The van der Waals surface area contributed by atoms with Gasteiger partial charge in [0.15, 0.2) is 0 Å². The van der Waals surface area contributed by atoms with E-state index in [-0.39, 0.29) is 5.91 Å². The minimum absolute atomic E-state index is 0.167. The number of hydrogen-bond acceptors (Lipinski definition) is 2. The molecule has 3 heteroatoms. The highest BCUT2D eigenvalue weighted by Gasteiger charge is 2.43. The molecule has 0 saturated carbocycles. The smallest absolute Gasteiger partial charge is 0.256 e. The highest BCUT2D eigenvalue weighted by molar-refractivity contribution is 6.15. The third-order valence-corrected chi connectivity index (χ3v) is 3.53. The lowest BCUT2D eigenvalue weighted by Gasteiger charge is -2.44. The Morgan fingerprint density at radius 1 is 1.29 bits per heavy atom. The predicted molar refractivity (Wildman–Crippen MR) is 66.2 cm³/mol. The van der Waals surface area contributed by atoms with Crippen LogP contribution in [0.1, 0.15) is 19.3 Å². The molecule has 1 atom stereocenters. The largest absolute Gasteiger partial charge is 0.497 e. The second kappa shape index (κ2) is 3.91. The molecule has 1 aliphatic carbocycles. The number of fused-ring (bicyclic) bond motifs is 1. The first-order chi connectivity index (χ1) is 8.31. The van der Waals surface area contributed by atoms with Crippen LogP contribution in [-0.4, -0.2) is 19.1 Å². The molecule has 1 amide bonds. The molecule has 1 heterocycles. The lowest BCUT2D eigenvalue weighted by molar-refractivity contribution is -0.119. The molecule has 1 aliphatic heterocycles. The van der Waals surface area contributed by atoms with Crippen molar-refractivity contribution in [2.75, 3.05) is 12.0 Å². The normalized spacial score (nSPS) is 22.6. The van der Waals surface area contributed by atoms with Crippen molar-refractivity contribution >= 4 is 11.6 Å². The summed E-state index contributed by atoms with van der Waals surface area (Å²) in [6.45, 7) is 0. The fourth-order valence-corrected chi connectivity index (χ4v) is 2.61. The molecule has 88 valence electrons. The second-order valence-electron chi connectivity index (χ2n) is 4.48. The summed E-state index contributed by atoms with van der Waals surface area (Å²) in [6, 6.07) is 7.99. The second-order valence-corrected chi connectivity index (χ2v) is 4.48. The monoisotopic (exact) mass is 229 g/mol. The third-order valence-electron chi connectivity index (χ3n) is 3.53. The van der Waals surface area contributed by atoms with Crippen LogP contribution >= 0.6 is 0 Å². The number of ether oxygens (including phenoxy) is 1. The number of methoxy groups -OCH3 is 1. The van der Waals surface area contributed by atoms with Crippen LogP contribution in [-0.2, 0) is 4.79 Å². The van der Waals surface area contributed by atoms with Crippen molar-refractivity contribution in [3.8, 4) is 5.75 Å². The van der Waals surface area contributed by atoms with Crippen LogP contribution in [0.2, 0.25) is 0 Å². The lowest BCUT2D eigenvalue weighted by Crippen LogP contribution is -2.56. The van der Waals surface area contributed by atoms with E-state index < -0.39 is 0 Å². The molecule has 0 spiro atoms. The van der Waals surface area contributed by atoms with Gasteiger partial charge in [-0.2, -0.15) is 0 Å². The molecule has 2 aliphatic rings. The quantitative estimate of drug-likeness (QED) is 0.729. The number of allylic oxidation sites excluding steroid dienone is 1. The maximum Gasteiger partial charge on any atom is 0.256 e. The van der Waals surface area contributed by atoms with Gasteiger partial charge in [0.1, 0.15) is 5.75 Å². The van der Waals surface area contributed by atoms with Gasteiger partial charge in [-0.05, 0) is 43.5 Å². The molecule has 3 rings (SSSR count). The third kappa shape index (κ3) is 1.54. The van der Waals surface area contributed by atoms with Crippen molar-refractivity contribution in [2.45, 2.75) is 25.3 Å². The predicted octanol–water partition coefficient (Wildman–Crippen LogP) is 2.52. The number of benzene rings is 1. The number of carbonyl (C=O) groups excluding carboxylic acids is 1. The molecule has 1 aromatic rings. The summed E-state index contributed by atoms with van der Waals surface area (Å²) in [5.74, 6) is 0.987. The molecule has 0 bridgehead atoms. The zero-order chi connectivity index (χ0) is 11.8. The first kappa shape index (κ1) is 10.4. The van der Waals surface area contributed by atoms with Crippen LogP contribution < -0.4 is 9.64 Å². The van der Waals surface area contributed by atoms with Gasteiger partial charge in [0.2, 0.25) is 0 Å². The summed E-state index contributed by atoms with van der Waals surface area (Å²) in [5.41, 5.74) is 1.98. The fraction of sp³-hybridized carbons (Fsp3) is 0.357. The van der Waals surface area contributed by atoms with E-state index in [1.807, 2.05) is 29.2 Å². The molecular formula is C14H15NO2. The topological polar surface area (TPSA) is 29.5 Å². The van der Waals surface area contributed by atoms with Crippen molar-refractivity contribution in [3.63, 3.8) is 0 Å². The van der Waals surface area contributed by atoms with E-state index in [0.717, 1.165) is 29.9 Å². The van der Waals surface area contributed by atoms with Crippen LogP contribution in [0.25, 0.3) is 0 Å². The van der Waals surface area contributed by atoms with Gasteiger partial charge in [-0.25, -0.2) is 0 Å². The standard InChI is InChI=1S/C14H15NO2/c1-17-11-8-6-10(7-9-11)15-13-5-3-2-4-12(13)14(15)16/h4,6-9,13H,2-3,5H2,1H3/t13-/m0/s1. The Balaban J connectivity index is 1.87. The molecule has 1 fully saturated rings. The molecule has 1 aromatic carbocycles. The minimum Gasteiger partial charge on any atom is -0.497 e. The number of β-lactam (4-membered cyclic amide) rings is 1. The fourth-order valence-electron chi connectivity index (χ4n) is 2.61. The Labute approximate surface area is 101 Å². The highest BCUT2D eigenvalue weighted by Crippen LogP contribution is 2.38. The molecule has 0 unspecified atom stereocenters. The van der Waals surface area contributed by atoms with Crippen molar-refractivity contribution in [2.24, 2.45) is 0 Å². The van der Waals surface area contributed by atoms with E-state index in [2.05, 4.69) is 6.08 Å². The molecule has 1 saturated heterocycles. The van der Waals surface area contributed by atoms with Gasteiger partial charge in [0.05, 0.1) is 13.2 Å². The molecule has 3 nitrogen and oxygen atoms in total. The zero-order valence-corrected chi connectivity index (χ0v) is 9.85. The van der Waals surface area contributed by atoms with Crippen LogP contribution in [0.3, 0.4) is 0 Å². The Morgan fingerprint density at radius 2 is 2.06 bits per heavy atom. The van der Waals surface area contributed by atoms with Crippen molar-refractivity contribution in [1.82, 2.24) is 0 Å². The number of rotatable bonds is 2. The summed E-state index contributed by atoms with van der Waals surface area (Å²) in [6.07, 6.45) is 5.41. The van der Waals surface area contributed by atoms with Crippen LogP contribution in [0.5, 0.6) is 5.75 Å². The molecule has 0 aromatic heterocycles. The van der Waals surface area contributed by atoms with E-state index in [9.17, 15) is 4.79 Å². The maximum atomic E-state index is 12.0. The Kier molecular flexibility index (Phi) is 2.39. The minimum atomic E-state index is 0.167. The van der Waals surface area contributed by atoms with Gasteiger partial charge in [-0.1, -0.05) is 6.08 Å². The molecule has 0 N–H and O–H groups in total. The van der Waals surface area contributed by atoms with Crippen LogP contribution in [0, 0.1) is 0 Å². The van der Waals surface area contributed by atoms with Gasteiger partial charge >= 0.3 is 0 Å². The number of carbonyl (C=O) groups is 1. The summed E-state index contributed by atoms with van der Waals surface area (Å²) < 4.78 is 5.12. The van der Waals surface area contributed by atoms with Crippen LogP contribution in [0.4, 0.5) is 5.69 Å². The summed E-state index contributed by atoms with van der Waals surface area (Å²) in [4.78, 5) is 13.9. The summed E-state index contributed by atoms with van der Waals surface area (Å²) in [5, 5.41) is 0. The van der Waals surface area contributed by atoms with Gasteiger partial charge < -0.3 is 9.64 Å². The summed E-state index contributed by atoms with van der Waals surface area (Å²) >= 11 is 0. The summed E-state index contributed by atoms with van der Waals surface area (Å²) in [7, 11) is 1.64. The van der Waals surface area contributed by atoms with Gasteiger partial charge in [-0.15, -0.1) is 0 Å². The first-order valence-corrected chi connectivity index (χ1v) is 5.99. The Hall–Kier alpha value is -1.77. The SMILES string of the molecule is COc1ccc(N2C(=O)C3=CCCC[C@@H]32)cc1. The Bertz CT molecular complexity index is 476.